The van der Waals surface area contributed by atoms with Crippen molar-refractivity contribution in [3.63, 3.8) is 0 Å². The zero-order valence-electron chi connectivity index (χ0n) is 11.3. The van der Waals surface area contributed by atoms with E-state index in [0.29, 0.717) is 32.0 Å². The molecule has 104 valence electrons. The predicted molar refractivity (Wildman–Crippen MR) is 73.4 cm³/mol. The van der Waals surface area contributed by atoms with Gasteiger partial charge in [0, 0.05) is 13.1 Å². The van der Waals surface area contributed by atoms with Gasteiger partial charge in [-0.1, -0.05) is 30.3 Å². The lowest BCUT2D eigenvalue weighted by Gasteiger charge is -2.31. The number of hydrogen-bond donors (Lipinski definition) is 0. The Morgan fingerprint density at radius 1 is 1.30 bits per heavy atom. The van der Waals surface area contributed by atoms with E-state index in [2.05, 4.69) is 0 Å². The van der Waals surface area contributed by atoms with Gasteiger partial charge in [-0.25, -0.2) is 4.79 Å². The van der Waals surface area contributed by atoms with Crippen molar-refractivity contribution < 1.29 is 14.3 Å². The molecule has 5 nitrogen and oxygen atoms in total. The van der Waals surface area contributed by atoms with Crippen molar-refractivity contribution in [1.82, 2.24) is 4.90 Å². The number of ether oxygens (including phenoxy) is 2. The molecule has 1 aromatic carbocycles. The van der Waals surface area contributed by atoms with Crippen LogP contribution in [0.3, 0.4) is 0 Å². The van der Waals surface area contributed by atoms with E-state index in [1.807, 2.05) is 41.3 Å². The highest BCUT2D eigenvalue weighted by molar-refractivity contribution is 6.01. The van der Waals surface area contributed by atoms with Gasteiger partial charge in [0.05, 0.1) is 26.0 Å². The fourth-order valence-electron chi connectivity index (χ4n) is 2.17. The molecule has 0 aromatic heterocycles. The summed E-state index contributed by atoms with van der Waals surface area (Å²) < 4.78 is 10.0. The van der Waals surface area contributed by atoms with Crippen LogP contribution in [0.2, 0.25) is 0 Å². The average Bonchev–Trinajstić information content (AvgIpc) is 2.53. The first-order valence-electron chi connectivity index (χ1n) is 6.38. The first-order chi connectivity index (χ1) is 9.77. The summed E-state index contributed by atoms with van der Waals surface area (Å²) >= 11 is 0. The highest BCUT2D eigenvalue weighted by atomic mass is 16.5. The summed E-state index contributed by atoms with van der Waals surface area (Å²) in [5.41, 5.74) is 1.47. The van der Waals surface area contributed by atoms with Crippen molar-refractivity contribution >= 4 is 11.7 Å². The maximum atomic E-state index is 11.8. The molecule has 20 heavy (non-hydrogen) atoms. The maximum Gasteiger partial charge on any atom is 0.350 e. The molecule has 1 fully saturated rings. The van der Waals surface area contributed by atoms with E-state index in [0.717, 1.165) is 5.56 Å². The van der Waals surface area contributed by atoms with Gasteiger partial charge in [0.2, 0.25) is 0 Å². The van der Waals surface area contributed by atoms with Gasteiger partial charge in [-0.2, -0.15) is 5.26 Å². The summed E-state index contributed by atoms with van der Waals surface area (Å²) in [4.78, 5) is 13.8. The quantitative estimate of drug-likeness (QED) is 0.473. The van der Waals surface area contributed by atoms with Crippen molar-refractivity contribution in [1.29, 1.82) is 5.26 Å². The number of nitrogens with zero attached hydrogens (tertiary/aromatic N) is 2. The van der Waals surface area contributed by atoms with Crippen LogP contribution in [0, 0.1) is 11.3 Å². The van der Waals surface area contributed by atoms with Crippen LogP contribution in [0.15, 0.2) is 35.9 Å². The first kappa shape index (κ1) is 14.1. The molecule has 1 heterocycles. The van der Waals surface area contributed by atoms with Crippen molar-refractivity contribution in [3.8, 4) is 6.07 Å². The van der Waals surface area contributed by atoms with Crippen LogP contribution in [0.5, 0.6) is 0 Å². The number of methoxy groups -OCH3 is 1. The van der Waals surface area contributed by atoms with E-state index in [1.165, 1.54) is 7.11 Å². The van der Waals surface area contributed by atoms with E-state index in [1.54, 1.807) is 0 Å². The first-order valence-corrected chi connectivity index (χ1v) is 6.38. The molecule has 0 amide bonds. The maximum absolute atomic E-state index is 11.8. The Balaban J connectivity index is 2.51. The van der Waals surface area contributed by atoms with Gasteiger partial charge < -0.3 is 14.4 Å². The molecule has 0 bridgehead atoms. The summed E-state index contributed by atoms with van der Waals surface area (Å²) in [5, 5.41) is 9.32. The molecule has 1 aliphatic rings. The zero-order valence-corrected chi connectivity index (χ0v) is 11.3. The number of carbonyl (C=O) groups is 1. The monoisotopic (exact) mass is 272 g/mol. The molecule has 0 aliphatic carbocycles. The van der Waals surface area contributed by atoms with Crippen LogP contribution in [-0.2, 0) is 14.3 Å². The molecule has 0 spiro atoms. The van der Waals surface area contributed by atoms with Crippen molar-refractivity contribution in [2.45, 2.75) is 0 Å². The number of esters is 1. The van der Waals surface area contributed by atoms with Gasteiger partial charge in [-0.05, 0) is 5.56 Å². The lowest BCUT2D eigenvalue weighted by molar-refractivity contribution is -0.135. The van der Waals surface area contributed by atoms with Crippen LogP contribution < -0.4 is 0 Å². The van der Waals surface area contributed by atoms with Gasteiger partial charge in [0.1, 0.15) is 6.07 Å². The van der Waals surface area contributed by atoms with Crippen molar-refractivity contribution in [2.75, 3.05) is 33.4 Å². The summed E-state index contributed by atoms with van der Waals surface area (Å²) in [5.74, 6) is -0.613. The largest absolute Gasteiger partial charge is 0.465 e. The molecule has 0 unspecified atom stereocenters. The third-order valence-electron chi connectivity index (χ3n) is 3.11. The normalized spacial score (nSPS) is 16.1. The molecule has 1 aromatic rings. The van der Waals surface area contributed by atoms with E-state index in [4.69, 9.17) is 9.47 Å². The molecule has 0 radical (unpaired) electrons. The van der Waals surface area contributed by atoms with Crippen LogP contribution in [0.4, 0.5) is 0 Å². The van der Waals surface area contributed by atoms with Crippen LogP contribution in [0.25, 0.3) is 5.70 Å². The molecule has 1 saturated heterocycles. The number of nitriles is 1. The minimum Gasteiger partial charge on any atom is -0.465 e. The lowest BCUT2D eigenvalue weighted by Crippen LogP contribution is -2.36. The fraction of sp³-hybridized carbons (Fsp3) is 0.333. The summed E-state index contributed by atoms with van der Waals surface area (Å²) in [6, 6.07) is 11.4. The Hall–Kier alpha value is -2.32. The molecular weight excluding hydrogens is 256 g/mol. The van der Waals surface area contributed by atoms with Gasteiger partial charge in [0.25, 0.3) is 0 Å². The molecule has 0 saturated carbocycles. The number of rotatable bonds is 3. The lowest BCUT2D eigenvalue weighted by atomic mass is 10.0. The number of carbonyl (C=O) groups excluding carboxylic acids is 1. The van der Waals surface area contributed by atoms with Gasteiger partial charge in [0.15, 0.2) is 5.57 Å². The number of benzene rings is 1. The topological polar surface area (TPSA) is 62.6 Å². The molecular formula is C15H16N2O3. The Labute approximate surface area is 118 Å². The minimum atomic E-state index is -0.613. The minimum absolute atomic E-state index is 0.0283. The average molecular weight is 272 g/mol. The molecule has 0 N–H and O–H groups in total. The van der Waals surface area contributed by atoms with Crippen molar-refractivity contribution in [2.24, 2.45) is 0 Å². The molecule has 1 aliphatic heterocycles. The summed E-state index contributed by atoms with van der Waals surface area (Å²) in [6.45, 7) is 2.45. The Kier molecular flexibility index (Phi) is 4.75. The highest BCUT2D eigenvalue weighted by Gasteiger charge is 2.23. The summed E-state index contributed by atoms with van der Waals surface area (Å²) in [7, 11) is 1.28. The molecule has 5 heteroatoms. The van der Waals surface area contributed by atoms with Crippen molar-refractivity contribution in [3.05, 3.63) is 41.5 Å². The van der Waals surface area contributed by atoms with Gasteiger partial charge >= 0.3 is 5.97 Å². The fourth-order valence-corrected chi connectivity index (χ4v) is 2.17. The number of morpholine rings is 1. The van der Waals surface area contributed by atoms with Gasteiger partial charge in [-0.15, -0.1) is 0 Å². The van der Waals surface area contributed by atoms with E-state index >= 15 is 0 Å². The Morgan fingerprint density at radius 2 is 1.95 bits per heavy atom. The molecule has 0 atom stereocenters. The van der Waals surface area contributed by atoms with Crippen LogP contribution >= 0.6 is 0 Å². The third kappa shape index (κ3) is 2.98. The van der Waals surface area contributed by atoms with E-state index < -0.39 is 5.97 Å². The third-order valence-corrected chi connectivity index (χ3v) is 3.11. The SMILES string of the molecule is COC(=O)/C(C#N)=C(/c1ccccc1)N1CCOCC1. The second-order valence-corrected chi connectivity index (χ2v) is 4.29. The second kappa shape index (κ2) is 6.73. The predicted octanol–water partition coefficient (Wildman–Crippen LogP) is 1.43. The Morgan fingerprint density at radius 3 is 2.50 bits per heavy atom. The Bertz CT molecular complexity index is 540. The van der Waals surface area contributed by atoms with E-state index in [-0.39, 0.29) is 5.57 Å². The number of hydrogen-bond acceptors (Lipinski definition) is 5. The highest BCUT2D eigenvalue weighted by Crippen LogP contribution is 2.24. The van der Waals surface area contributed by atoms with E-state index in [9.17, 15) is 10.1 Å². The standard InChI is InChI=1S/C15H16N2O3/c1-19-15(18)13(11-16)14(12-5-3-2-4-6-12)17-7-9-20-10-8-17/h2-6H,7-10H2,1H3/b14-13-. The van der Waals surface area contributed by atoms with Crippen LogP contribution in [-0.4, -0.2) is 44.3 Å². The smallest absolute Gasteiger partial charge is 0.350 e. The summed E-state index contributed by atoms with van der Waals surface area (Å²) in [6.07, 6.45) is 0. The van der Waals surface area contributed by atoms with Gasteiger partial charge in [-0.3, -0.25) is 0 Å². The molecule has 2 rings (SSSR count). The zero-order chi connectivity index (χ0) is 14.4. The second-order valence-electron chi connectivity index (χ2n) is 4.29. The van der Waals surface area contributed by atoms with Crippen LogP contribution in [0.1, 0.15) is 5.56 Å².